The zero-order chi connectivity index (χ0) is 15.4. The molecule has 0 saturated carbocycles. The number of carbonyl (C=O) groups excluding carboxylic acids is 1. The molecule has 0 bridgehead atoms. The van der Waals surface area contributed by atoms with Crippen LogP contribution in [0, 0.1) is 0 Å². The number of esters is 1. The van der Waals surface area contributed by atoms with Crippen LogP contribution in [0.1, 0.15) is 26.5 Å². The Kier molecular flexibility index (Phi) is 4.75. The fourth-order valence-corrected chi connectivity index (χ4v) is 1.19. The first-order chi connectivity index (χ1) is 9.05. The van der Waals surface area contributed by atoms with Gasteiger partial charge < -0.3 is 9.47 Å². The molecular formula is C13H14F3NO3. The Hall–Kier alpha value is -2.05. The first-order valence-corrected chi connectivity index (χ1v) is 5.69. The summed E-state index contributed by atoms with van der Waals surface area (Å²) < 4.78 is 44.7. The van der Waals surface area contributed by atoms with Crippen molar-refractivity contribution in [1.82, 2.24) is 4.98 Å². The molecule has 4 nitrogen and oxygen atoms in total. The van der Waals surface area contributed by atoms with Gasteiger partial charge in [-0.15, -0.1) is 13.2 Å². The summed E-state index contributed by atoms with van der Waals surface area (Å²) in [6.07, 6.45) is -2.47. The molecule has 0 spiro atoms. The van der Waals surface area contributed by atoms with E-state index in [1.54, 1.807) is 20.8 Å². The molecule has 0 amide bonds. The second-order valence-electron chi connectivity index (χ2n) is 4.82. The van der Waals surface area contributed by atoms with E-state index in [-0.39, 0.29) is 5.69 Å². The number of ether oxygens (including phenoxy) is 2. The lowest BCUT2D eigenvalue weighted by molar-refractivity contribution is -0.276. The summed E-state index contributed by atoms with van der Waals surface area (Å²) in [6, 6.07) is 3.84. The van der Waals surface area contributed by atoms with Crippen molar-refractivity contribution < 1.29 is 27.4 Å². The molecule has 0 saturated heterocycles. The van der Waals surface area contributed by atoms with Crippen LogP contribution in [0.3, 0.4) is 0 Å². The number of hydrogen-bond acceptors (Lipinski definition) is 4. The van der Waals surface area contributed by atoms with E-state index in [4.69, 9.17) is 4.74 Å². The van der Waals surface area contributed by atoms with E-state index in [9.17, 15) is 18.0 Å². The van der Waals surface area contributed by atoms with E-state index in [1.165, 1.54) is 18.2 Å². The topological polar surface area (TPSA) is 48.4 Å². The maximum Gasteiger partial charge on any atom is 0.574 e. The van der Waals surface area contributed by atoms with E-state index >= 15 is 0 Å². The van der Waals surface area contributed by atoms with E-state index in [0.717, 1.165) is 12.1 Å². The van der Waals surface area contributed by atoms with Gasteiger partial charge in [0.25, 0.3) is 0 Å². The van der Waals surface area contributed by atoms with Crippen molar-refractivity contribution in [1.29, 1.82) is 0 Å². The molecule has 110 valence electrons. The number of carbonyl (C=O) groups is 1. The number of nitrogens with zero attached hydrogens (tertiary/aromatic N) is 1. The fraction of sp³-hybridized carbons (Fsp3) is 0.385. The Morgan fingerprint density at radius 2 is 1.90 bits per heavy atom. The Morgan fingerprint density at radius 1 is 1.25 bits per heavy atom. The van der Waals surface area contributed by atoms with Gasteiger partial charge in [0.1, 0.15) is 5.60 Å². The van der Waals surface area contributed by atoms with Gasteiger partial charge in [-0.3, -0.25) is 0 Å². The number of rotatable bonds is 3. The van der Waals surface area contributed by atoms with Crippen molar-refractivity contribution in [3.8, 4) is 5.88 Å². The normalized spacial score (nSPS) is 12.5. The van der Waals surface area contributed by atoms with Gasteiger partial charge in [0, 0.05) is 12.1 Å². The van der Waals surface area contributed by atoms with E-state index in [1.807, 2.05) is 0 Å². The molecule has 1 aromatic rings. The third-order valence-electron chi connectivity index (χ3n) is 1.76. The minimum absolute atomic E-state index is 0.151. The lowest BCUT2D eigenvalue weighted by Crippen LogP contribution is -2.22. The number of hydrogen-bond donors (Lipinski definition) is 0. The van der Waals surface area contributed by atoms with E-state index in [0.29, 0.717) is 0 Å². The molecule has 0 unspecified atom stereocenters. The van der Waals surface area contributed by atoms with Crippen molar-refractivity contribution in [2.45, 2.75) is 32.7 Å². The summed E-state index contributed by atoms with van der Waals surface area (Å²) in [6.45, 7) is 5.11. The van der Waals surface area contributed by atoms with E-state index < -0.39 is 23.8 Å². The Labute approximate surface area is 114 Å². The summed E-state index contributed by atoms with van der Waals surface area (Å²) >= 11 is 0. The third kappa shape index (κ3) is 6.77. The molecule has 0 aliphatic carbocycles. The Morgan fingerprint density at radius 3 is 2.45 bits per heavy atom. The lowest BCUT2D eigenvalue weighted by Gasteiger charge is -2.17. The van der Waals surface area contributed by atoms with E-state index in [2.05, 4.69) is 9.72 Å². The standard InChI is InChI=1S/C13H14F3NO3/c1-12(2,3)20-11(18)8-7-9-5-4-6-10(17-9)19-13(14,15)16/h4-8H,1-3H3/b8-7+. The summed E-state index contributed by atoms with van der Waals surface area (Å²) in [5.41, 5.74) is -0.492. The highest BCUT2D eigenvalue weighted by Gasteiger charge is 2.31. The number of pyridine rings is 1. The van der Waals surface area contributed by atoms with Gasteiger partial charge >= 0.3 is 12.3 Å². The van der Waals surface area contributed by atoms with Gasteiger partial charge in [0.15, 0.2) is 0 Å². The number of halogens is 3. The van der Waals surface area contributed by atoms with Crippen molar-refractivity contribution in [2.24, 2.45) is 0 Å². The fourth-order valence-electron chi connectivity index (χ4n) is 1.19. The van der Waals surface area contributed by atoms with Crippen molar-refractivity contribution >= 4 is 12.0 Å². The third-order valence-corrected chi connectivity index (χ3v) is 1.76. The predicted molar refractivity (Wildman–Crippen MR) is 65.8 cm³/mol. The van der Waals surface area contributed by atoms with Crippen molar-refractivity contribution in [3.05, 3.63) is 30.0 Å². The molecule has 7 heteroatoms. The largest absolute Gasteiger partial charge is 0.574 e. The molecule has 0 fully saturated rings. The van der Waals surface area contributed by atoms with Gasteiger partial charge in [0.05, 0.1) is 5.69 Å². The molecule has 1 heterocycles. The molecule has 0 aromatic carbocycles. The van der Waals surface area contributed by atoms with Crippen LogP contribution in [0.25, 0.3) is 6.08 Å². The molecule has 0 atom stereocenters. The number of alkyl halides is 3. The van der Waals surface area contributed by atoms with Crippen LogP contribution >= 0.6 is 0 Å². The zero-order valence-corrected chi connectivity index (χ0v) is 11.2. The van der Waals surface area contributed by atoms with Crippen molar-refractivity contribution in [2.75, 3.05) is 0 Å². The maximum atomic E-state index is 12.0. The summed E-state index contributed by atoms with van der Waals surface area (Å²) in [4.78, 5) is 15.0. The van der Waals surface area contributed by atoms with Gasteiger partial charge in [-0.1, -0.05) is 6.07 Å². The smallest absolute Gasteiger partial charge is 0.457 e. The van der Waals surface area contributed by atoms with Gasteiger partial charge in [-0.25, -0.2) is 9.78 Å². The quantitative estimate of drug-likeness (QED) is 0.632. The molecule has 0 radical (unpaired) electrons. The molecule has 0 aliphatic heterocycles. The molecule has 0 N–H and O–H groups in total. The Balaban J connectivity index is 2.73. The summed E-state index contributed by atoms with van der Waals surface area (Å²) in [5, 5.41) is 0. The Bertz CT molecular complexity index is 504. The summed E-state index contributed by atoms with van der Waals surface area (Å²) in [5.74, 6) is -1.20. The molecule has 20 heavy (non-hydrogen) atoms. The van der Waals surface area contributed by atoms with Crippen LogP contribution in [0.2, 0.25) is 0 Å². The molecular weight excluding hydrogens is 275 g/mol. The minimum Gasteiger partial charge on any atom is -0.457 e. The van der Waals surface area contributed by atoms with Crippen LogP contribution in [0.4, 0.5) is 13.2 Å². The second-order valence-corrected chi connectivity index (χ2v) is 4.82. The van der Waals surface area contributed by atoms with Crippen LogP contribution < -0.4 is 4.74 Å². The van der Waals surface area contributed by atoms with Crippen LogP contribution in [0.5, 0.6) is 5.88 Å². The monoisotopic (exact) mass is 289 g/mol. The molecule has 1 aromatic heterocycles. The SMILES string of the molecule is CC(C)(C)OC(=O)/C=C/c1cccc(OC(F)(F)F)n1. The van der Waals surface area contributed by atoms with Crippen LogP contribution in [-0.2, 0) is 9.53 Å². The average Bonchev–Trinajstić information content (AvgIpc) is 2.22. The highest BCUT2D eigenvalue weighted by Crippen LogP contribution is 2.20. The van der Waals surface area contributed by atoms with Crippen LogP contribution in [0.15, 0.2) is 24.3 Å². The van der Waals surface area contributed by atoms with Gasteiger partial charge in [-0.05, 0) is 32.9 Å². The zero-order valence-electron chi connectivity index (χ0n) is 11.2. The van der Waals surface area contributed by atoms with Gasteiger partial charge in [0.2, 0.25) is 5.88 Å². The molecule has 0 aliphatic rings. The lowest BCUT2D eigenvalue weighted by atomic mass is 10.2. The minimum atomic E-state index is -4.81. The highest BCUT2D eigenvalue weighted by molar-refractivity contribution is 5.87. The van der Waals surface area contributed by atoms with Crippen molar-refractivity contribution in [3.63, 3.8) is 0 Å². The predicted octanol–water partition coefficient (Wildman–Crippen LogP) is 3.34. The first-order valence-electron chi connectivity index (χ1n) is 5.69. The number of aromatic nitrogens is 1. The maximum absolute atomic E-state index is 12.0. The average molecular weight is 289 g/mol. The highest BCUT2D eigenvalue weighted by atomic mass is 19.4. The van der Waals surface area contributed by atoms with Crippen LogP contribution in [-0.4, -0.2) is 22.9 Å². The summed E-state index contributed by atoms with van der Waals surface area (Å²) in [7, 11) is 0. The molecule has 1 rings (SSSR count). The first kappa shape index (κ1) is 16.0. The second kappa shape index (κ2) is 5.94. The van der Waals surface area contributed by atoms with Gasteiger partial charge in [-0.2, -0.15) is 0 Å².